The van der Waals surface area contributed by atoms with Crippen LogP contribution < -0.4 is 9.88 Å². The largest absolute Gasteiger partial charge is 0.506 e. The number of allylic oxidation sites excluding steroid dienone is 1. The zero-order valence-corrected chi connectivity index (χ0v) is 17.3. The maximum atomic E-state index is 12.5. The molecule has 0 spiro atoms. The minimum Gasteiger partial charge on any atom is -0.506 e. The highest BCUT2D eigenvalue weighted by Gasteiger charge is 2.09. The Hall–Kier alpha value is -3.82. The molecule has 0 saturated carbocycles. The number of azo groups is 1. The van der Waals surface area contributed by atoms with Gasteiger partial charge in [-0.2, -0.15) is 5.11 Å². The number of ether oxygens (including phenoxy) is 1. The molecule has 0 atom stereocenters. The van der Waals surface area contributed by atoms with E-state index < -0.39 is 10.0 Å². The van der Waals surface area contributed by atoms with Crippen LogP contribution in [0, 0.1) is 0 Å². The number of methoxy groups -OCH3 is 1. The Balaban J connectivity index is 1.80. The molecule has 8 nitrogen and oxygen atoms in total. The fourth-order valence-electron chi connectivity index (χ4n) is 2.64. The third-order valence-electron chi connectivity index (χ3n) is 4.25. The molecule has 0 aliphatic rings. The normalized spacial score (nSPS) is 11.8. The molecule has 0 radical (unpaired) electrons. The first-order valence-electron chi connectivity index (χ1n) is 9.01. The molecule has 0 fully saturated rings. The predicted octanol–water partition coefficient (Wildman–Crippen LogP) is 4.36. The van der Waals surface area contributed by atoms with Crippen LogP contribution in [0.3, 0.4) is 0 Å². The number of nitrogens with two attached hydrogens (primary N) is 1. The Morgan fingerprint density at radius 2 is 1.74 bits per heavy atom. The van der Waals surface area contributed by atoms with Crippen LogP contribution in [0.25, 0.3) is 6.08 Å². The minimum atomic E-state index is -3.80. The number of carbonyl (C=O) groups is 1. The van der Waals surface area contributed by atoms with Crippen molar-refractivity contribution < 1.29 is 23.1 Å². The molecule has 0 saturated heterocycles. The van der Waals surface area contributed by atoms with E-state index in [4.69, 9.17) is 9.88 Å². The van der Waals surface area contributed by atoms with Crippen LogP contribution in [0.4, 0.5) is 11.4 Å². The number of nitrogens with zero attached hydrogens (tertiary/aromatic N) is 2. The number of primary sulfonamides is 1. The van der Waals surface area contributed by atoms with Gasteiger partial charge in [0, 0.05) is 11.1 Å². The highest BCUT2D eigenvalue weighted by atomic mass is 32.2. The van der Waals surface area contributed by atoms with E-state index in [1.807, 2.05) is 18.2 Å². The van der Waals surface area contributed by atoms with E-state index in [1.165, 1.54) is 48.5 Å². The molecule has 0 heterocycles. The van der Waals surface area contributed by atoms with Gasteiger partial charge in [-0.1, -0.05) is 18.2 Å². The monoisotopic (exact) mass is 437 g/mol. The van der Waals surface area contributed by atoms with Gasteiger partial charge in [0.15, 0.2) is 5.78 Å². The summed E-state index contributed by atoms with van der Waals surface area (Å²) in [5.41, 5.74) is 1.49. The molecule has 0 unspecified atom stereocenters. The molecule has 3 aromatic carbocycles. The minimum absolute atomic E-state index is 0.0521. The van der Waals surface area contributed by atoms with Crippen molar-refractivity contribution in [3.05, 3.63) is 83.9 Å². The molecule has 31 heavy (non-hydrogen) atoms. The number of hydrogen-bond donors (Lipinski definition) is 2. The molecular weight excluding hydrogens is 418 g/mol. The first-order chi connectivity index (χ1) is 14.8. The number of sulfonamides is 1. The molecule has 0 bridgehead atoms. The summed E-state index contributed by atoms with van der Waals surface area (Å²) >= 11 is 0. The second kappa shape index (κ2) is 9.33. The number of carbonyl (C=O) groups excluding carboxylic acids is 1. The van der Waals surface area contributed by atoms with E-state index in [0.29, 0.717) is 17.0 Å². The number of ketones is 1. The van der Waals surface area contributed by atoms with Gasteiger partial charge in [-0.3, -0.25) is 4.79 Å². The Morgan fingerprint density at radius 3 is 2.42 bits per heavy atom. The average molecular weight is 437 g/mol. The summed E-state index contributed by atoms with van der Waals surface area (Å²) in [6, 6.07) is 17.0. The summed E-state index contributed by atoms with van der Waals surface area (Å²) in [7, 11) is -2.25. The van der Waals surface area contributed by atoms with Crippen molar-refractivity contribution in [2.24, 2.45) is 15.4 Å². The molecular formula is C22H19N3O5S. The number of phenols is 1. The molecule has 3 aromatic rings. The number of phenolic OH excluding ortho intramolecular Hbond substituents is 1. The number of hydrogen-bond acceptors (Lipinski definition) is 7. The van der Waals surface area contributed by atoms with Crippen molar-refractivity contribution in [1.82, 2.24) is 0 Å². The lowest BCUT2D eigenvalue weighted by Crippen LogP contribution is -2.11. The maximum absolute atomic E-state index is 12.5. The van der Waals surface area contributed by atoms with Crippen molar-refractivity contribution in [3.63, 3.8) is 0 Å². The molecule has 158 valence electrons. The fraction of sp³-hybridized carbons (Fsp3) is 0.0455. The van der Waals surface area contributed by atoms with Crippen molar-refractivity contribution in [1.29, 1.82) is 0 Å². The molecule has 0 aliphatic heterocycles. The quantitative estimate of drug-likeness (QED) is 0.322. The Kier molecular flexibility index (Phi) is 6.58. The predicted molar refractivity (Wildman–Crippen MR) is 116 cm³/mol. The van der Waals surface area contributed by atoms with Gasteiger partial charge in [0.1, 0.15) is 17.2 Å². The van der Waals surface area contributed by atoms with E-state index in [9.17, 15) is 18.3 Å². The number of benzene rings is 3. The average Bonchev–Trinajstić information content (AvgIpc) is 2.76. The van der Waals surface area contributed by atoms with Gasteiger partial charge in [0.25, 0.3) is 0 Å². The summed E-state index contributed by atoms with van der Waals surface area (Å²) in [5, 5.41) is 23.0. The summed E-state index contributed by atoms with van der Waals surface area (Å²) in [4.78, 5) is 12.5. The first-order valence-corrected chi connectivity index (χ1v) is 10.6. The van der Waals surface area contributed by atoms with E-state index in [0.717, 1.165) is 5.56 Å². The topological polar surface area (TPSA) is 131 Å². The summed E-state index contributed by atoms with van der Waals surface area (Å²) < 4.78 is 27.8. The fourth-order valence-corrected chi connectivity index (χ4v) is 3.15. The summed E-state index contributed by atoms with van der Waals surface area (Å²) in [6.07, 6.45) is 3.04. The van der Waals surface area contributed by atoms with Gasteiger partial charge in [-0.05, 0) is 60.7 Å². The number of para-hydroxylation sites is 1. The van der Waals surface area contributed by atoms with Crippen molar-refractivity contribution >= 4 is 33.3 Å². The lowest BCUT2D eigenvalue weighted by molar-refractivity contribution is 0.104. The SMILES string of the molecule is COc1ccccc1/C=C/C(=O)c1ccc(O)c(N=Nc2ccc(S(N)(=O)=O)cc2)c1. The molecule has 0 amide bonds. The molecule has 0 aromatic heterocycles. The standard InChI is InChI=1S/C22H19N3O5S/c1-30-22-5-3-2-4-15(22)6-12-20(26)16-7-13-21(27)19(14-16)25-24-17-8-10-18(11-9-17)31(23,28)29/h2-14,27H,1H3,(H2,23,28,29)/b12-6+,25-24?. The van der Waals surface area contributed by atoms with Gasteiger partial charge in [0.05, 0.1) is 17.7 Å². The third-order valence-corrected chi connectivity index (χ3v) is 5.18. The number of aromatic hydroxyl groups is 1. The van der Waals surface area contributed by atoms with Crippen LogP contribution in [0.2, 0.25) is 0 Å². The van der Waals surface area contributed by atoms with Crippen molar-refractivity contribution in [3.8, 4) is 11.5 Å². The Morgan fingerprint density at radius 1 is 1.03 bits per heavy atom. The van der Waals surface area contributed by atoms with Crippen molar-refractivity contribution in [2.75, 3.05) is 7.11 Å². The third kappa shape index (κ3) is 5.62. The van der Waals surface area contributed by atoms with Gasteiger partial charge in [-0.15, -0.1) is 5.11 Å². The summed E-state index contributed by atoms with van der Waals surface area (Å²) in [6.45, 7) is 0. The van der Waals surface area contributed by atoms with E-state index in [1.54, 1.807) is 19.3 Å². The van der Waals surface area contributed by atoms with Gasteiger partial charge in [0.2, 0.25) is 10.0 Å². The van der Waals surface area contributed by atoms with Crippen LogP contribution >= 0.6 is 0 Å². The zero-order valence-electron chi connectivity index (χ0n) is 16.5. The second-order valence-electron chi connectivity index (χ2n) is 6.38. The lowest BCUT2D eigenvalue weighted by atomic mass is 10.1. The Labute approximate surface area is 179 Å². The second-order valence-corrected chi connectivity index (χ2v) is 7.94. The molecule has 3 N–H and O–H groups in total. The van der Waals surface area contributed by atoms with Gasteiger partial charge < -0.3 is 9.84 Å². The first kappa shape index (κ1) is 21.9. The maximum Gasteiger partial charge on any atom is 0.238 e. The van der Waals surface area contributed by atoms with Gasteiger partial charge >= 0.3 is 0 Å². The highest BCUT2D eigenvalue weighted by Crippen LogP contribution is 2.30. The van der Waals surface area contributed by atoms with Gasteiger partial charge in [-0.25, -0.2) is 13.6 Å². The van der Waals surface area contributed by atoms with Crippen LogP contribution in [-0.2, 0) is 10.0 Å². The molecule has 9 heteroatoms. The van der Waals surface area contributed by atoms with Crippen LogP contribution in [0.15, 0.2) is 87.9 Å². The van der Waals surface area contributed by atoms with Crippen LogP contribution in [0.1, 0.15) is 15.9 Å². The Bertz CT molecular complexity index is 1270. The van der Waals surface area contributed by atoms with Crippen LogP contribution in [0.5, 0.6) is 11.5 Å². The highest BCUT2D eigenvalue weighted by molar-refractivity contribution is 7.89. The van der Waals surface area contributed by atoms with E-state index in [2.05, 4.69) is 10.2 Å². The molecule has 0 aliphatic carbocycles. The number of rotatable bonds is 7. The van der Waals surface area contributed by atoms with Crippen molar-refractivity contribution in [2.45, 2.75) is 4.90 Å². The summed E-state index contributed by atoms with van der Waals surface area (Å²) in [5.74, 6) is 0.190. The molecule has 3 rings (SSSR count). The smallest absolute Gasteiger partial charge is 0.238 e. The van der Waals surface area contributed by atoms with E-state index >= 15 is 0 Å². The zero-order chi connectivity index (χ0) is 22.4. The van der Waals surface area contributed by atoms with E-state index in [-0.39, 0.29) is 22.1 Å². The van der Waals surface area contributed by atoms with Crippen LogP contribution in [-0.4, -0.2) is 26.4 Å². The lowest BCUT2D eigenvalue weighted by Gasteiger charge is -2.04.